The van der Waals surface area contributed by atoms with Gasteiger partial charge in [-0.15, -0.1) is 0 Å². The molecule has 0 aliphatic rings. The average Bonchev–Trinajstić information content (AvgIpc) is 2.44. The normalized spacial score (nSPS) is 11.5. The summed E-state index contributed by atoms with van der Waals surface area (Å²) in [6.45, 7) is 1.97. The van der Waals surface area contributed by atoms with Crippen molar-refractivity contribution < 1.29 is 0 Å². The second-order valence-corrected chi connectivity index (χ2v) is 4.21. The van der Waals surface area contributed by atoms with Crippen molar-refractivity contribution in [3.05, 3.63) is 65.7 Å². The van der Waals surface area contributed by atoms with E-state index in [1.807, 2.05) is 61.6 Å². The summed E-state index contributed by atoms with van der Waals surface area (Å²) in [6, 6.07) is 9.74. The van der Waals surface area contributed by atoms with Crippen LogP contribution in [0.15, 0.2) is 54.6 Å². The molecular formula is C15H14ClN3. The third-order valence-corrected chi connectivity index (χ3v) is 2.60. The molecule has 0 aliphatic heterocycles. The lowest BCUT2D eigenvalue weighted by molar-refractivity contribution is 0.940. The molecule has 2 aromatic rings. The summed E-state index contributed by atoms with van der Waals surface area (Å²) in [5.41, 5.74) is 0.936. The van der Waals surface area contributed by atoms with Gasteiger partial charge in [0.15, 0.2) is 5.82 Å². The Bertz CT molecular complexity index is 592. The summed E-state index contributed by atoms with van der Waals surface area (Å²) in [5.74, 6) is 1.27. The van der Waals surface area contributed by atoms with Crippen molar-refractivity contribution in [2.24, 2.45) is 0 Å². The second-order valence-electron chi connectivity index (χ2n) is 3.87. The molecule has 3 nitrogen and oxygen atoms in total. The first-order valence-electron chi connectivity index (χ1n) is 6.03. The molecule has 0 fully saturated rings. The fourth-order valence-corrected chi connectivity index (χ4v) is 1.74. The molecule has 1 aromatic heterocycles. The van der Waals surface area contributed by atoms with Gasteiger partial charge in [0.2, 0.25) is 5.28 Å². The van der Waals surface area contributed by atoms with Crippen LogP contribution in [0.3, 0.4) is 0 Å². The van der Waals surface area contributed by atoms with Crippen molar-refractivity contribution in [2.45, 2.75) is 13.3 Å². The predicted octanol–water partition coefficient (Wildman–Crippen LogP) is 3.87. The molecular weight excluding hydrogens is 258 g/mol. The largest absolute Gasteiger partial charge is 0.226 e. The minimum absolute atomic E-state index is 0.225. The van der Waals surface area contributed by atoms with Crippen LogP contribution in [0.5, 0.6) is 0 Å². The van der Waals surface area contributed by atoms with Crippen LogP contribution in [0, 0.1) is 0 Å². The van der Waals surface area contributed by atoms with Crippen LogP contribution in [0.1, 0.15) is 12.7 Å². The summed E-state index contributed by atoms with van der Waals surface area (Å²) in [6.07, 6.45) is 8.50. The van der Waals surface area contributed by atoms with E-state index in [4.69, 9.17) is 11.6 Å². The molecule has 1 heterocycles. The van der Waals surface area contributed by atoms with Gasteiger partial charge in [-0.05, 0) is 18.5 Å². The van der Waals surface area contributed by atoms with Gasteiger partial charge in [-0.25, -0.2) is 9.97 Å². The lowest BCUT2D eigenvalue weighted by atomic mass is 10.2. The number of aromatic nitrogens is 3. The van der Waals surface area contributed by atoms with Gasteiger partial charge in [0.05, 0.1) is 0 Å². The number of halogens is 1. The summed E-state index contributed by atoms with van der Waals surface area (Å²) < 4.78 is 0. The maximum atomic E-state index is 5.94. The Labute approximate surface area is 117 Å². The molecule has 0 saturated carbocycles. The first-order chi connectivity index (χ1) is 9.29. The monoisotopic (exact) mass is 271 g/mol. The van der Waals surface area contributed by atoms with Crippen molar-refractivity contribution in [1.29, 1.82) is 0 Å². The number of rotatable bonds is 4. The molecule has 0 unspecified atom stereocenters. The first-order valence-corrected chi connectivity index (χ1v) is 6.41. The summed E-state index contributed by atoms with van der Waals surface area (Å²) in [7, 11) is 0. The molecule has 1 aromatic carbocycles. The van der Waals surface area contributed by atoms with E-state index in [0.29, 0.717) is 18.1 Å². The molecule has 0 bridgehead atoms. The van der Waals surface area contributed by atoms with Crippen molar-refractivity contribution in [3.63, 3.8) is 0 Å². The Morgan fingerprint density at radius 1 is 1.05 bits per heavy atom. The lowest BCUT2D eigenvalue weighted by Crippen LogP contribution is -1.99. The highest BCUT2D eigenvalue weighted by Crippen LogP contribution is 2.15. The Morgan fingerprint density at radius 2 is 1.84 bits per heavy atom. The number of nitrogens with zero attached hydrogens (tertiary/aromatic N) is 3. The van der Waals surface area contributed by atoms with Crippen LogP contribution in [0.25, 0.3) is 11.4 Å². The fourth-order valence-electron chi connectivity index (χ4n) is 1.56. The van der Waals surface area contributed by atoms with E-state index in [1.165, 1.54) is 0 Å². The molecule has 0 aliphatic carbocycles. The second kappa shape index (κ2) is 6.81. The van der Waals surface area contributed by atoms with Crippen LogP contribution in [-0.2, 0) is 6.42 Å². The van der Waals surface area contributed by atoms with Gasteiger partial charge >= 0.3 is 0 Å². The summed E-state index contributed by atoms with van der Waals surface area (Å²) in [5, 5.41) is 0.225. The Hall–Kier alpha value is -2.00. The van der Waals surface area contributed by atoms with Gasteiger partial charge in [-0.3, -0.25) is 0 Å². The molecule has 0 saturated heterocycles. The minimum Gasteiger partial charge on any atom is -0.213 e. The molecule has 0 N–H and O–H groups in total. The maximum Gasteiger partial charge on any atom is 0.226 e. The third kappa shape index (κ3) is 4.00. The van der Waals surface area contributed by atoms with Crippen molar-refractivity contribution in [2.75, 3.05) is 0 Å². The highest BCUT2D eigenvalue weighted by molar-refractivity contribution is 6.28. The molecule has 0 spiro atoms. The van der Waals surface area contributed by atoms with Gasteiger partial charge in [0, 0.05) is 12.0 Å². The molecule has 4 heteroatoms. The van der Waals surface area contributed by atoms with E-state index in [9.17, 15) is 0 Å². The highest BCUT2D eigenvalue weighted by Gasteiger charge is 2.05. The quantitative estimate of drug-likeness (QED) is 0.793. The zero-order chi connectivity index (χ0) is 13.5. The molecule has 19 heavy (non-hydrogen) atoms. The Kier molecular flexibility index (Phi) is 4.81. The molecule has 2 rings (SSSR count). The fraction of sp³-hybridized carbons (Fsp3) is 0.133. The number of hydrogen-bond acceptors (Lipinski definition) is 3. The van der Waals surface area contributed by atoms with Crippen LogP contribution in [0.4, 0.5) is 0 Å². The smallest absolute Gasteiger partial charge is 0.213 e. The van der Waals surface area contributed by atoms with Gasteiger partial charge in [-0.2, -0.15) is 4.98 Å². The Morgan fingerprint density at radius 3 is 2.58 bits per heavy atom. The van der Waals surface area contributed by atoms with Crippen molar-refractivity contribution in [1.82, 2.24) is 15.0 Å². The summed E-state index contributed by atoms with van der Waals surface area (Å²) >= 11 is 5.94. The van der Waals surface area contributed by atoms with E-state index in [2.05, 4.69) is 15.0 Å². The van der Waals surface area contributed by atoms with E-state index >= 15 is 0 Å². The predicted molar refractivity (Wildman–Crippen MR) is 77.9 cm³/mol. The molecule has 0 radical (unpaired) electrons. The molecule has 96 valence electrons. The number of allylic oxidation sites excluding steroid dienone is 4. The Balaban J connectivity index is 2.25. The van der Waals surface area contributed by atoms with Crippen LogP contribution in [0.2, 0.25) is 5.28 Å². The SMILES string of the molecule is C/C=C\C=C/Cc1nc(Cl)nc(-c2ccccc2)n1. The molecule has 0 atom stereocenters. The van der Waals surface area contributed by atoms with E-state index < -0.39 is 0 Å². The topological polar surface area (TPSA) is 38.7 Å². The number of hydrogen-bond donors (Lipinski definition) is 0. The van der Waals surface area contributed by atoms with Gasteiger partial charge in [-0.1, -0.05) is 54.6 Å². The van der Waals surface area contributed by atoms with Gasteiger partial charge in [0.25, 0.3) is 0 Å². The zero-order valence-electron chi connectivity index (χ0n) is 10.6. The minimum atomic E-state index is 0.225. The van der Waals surface area contributed by atoms with Crippen LogP contribution in [-0.4, -0.2) is 15.0 Å². The van der Waals surface area contributed by atoms with Gasteiger partial charge < -0.3 is 0 Å². The van der Waals surface area contributed by atoms with Crippen LogP contribution < -0.4 is 0 Å². The maximum absolute atomic E-state index is 5.94. The molecule has 0 amide bonds. The van der Waals surface area contributed by atoms with Crippen molar-refractivity contribution >= 4 is 11.6 Å². The highest BCUT2D eigenvalue weighted by atomic mass is 35.5. The van der Waals surface area contributed by atoms with E-state index in [0.717, 1.165) is 5.56 Å². The average molecular weight is 272 g/mol. The summed E-state index contributed by atoms with van der Waals surface area (Å²) in [4.78, 5) is 12.7. The zero-order valence-corrected chi connectivity index (χ0v) is 11.4. The standard InChI is InChI=1S/C15H14ClN3/c1-2-3-4-8-11-13-17-14(19-15(16)18-13)12-9-6-5-7-10-12/h2-10H,11H2,1H3/b3-2-,8-4-. The number of benzene rings is 1. The first kappa shape index (κ1) is 13.4. The van der Waals surface area contributed by atoms with Gasteiger partial charge in [0.1, 0.15) is 5.82 Å². The lowest BCUT2D eigenvalue weighted by Gasteiger charge is -2.02. The van der Waals surface area contributed by atoms with E-state index in [1.54, 1.807) is 0 Å². The van der Waals surface area contributed by atoms with Crippen LogP contribution >= 0.6 is 11.6 Å². The third-order valence-electron chi connectivity index (χ3n) is 2.43. The van der Waals surface area contributed by atoms with Crippen molar-refractivity contribution in [3.8, 4) is 11.4 Å². The van der Waals surface area contributed by atoms with E-state index in [-0.39, 0.29) is 5.28 Å².